The van der Waals surface area contributed by atoms with E-state index in [1.165, 1.54) is 18.9 Å². The van der Waals surface area contributed by atoms with Crippen molar-refractivity contribution in [3.8, 4) is 5.75 Å². The molecule has 3 rings (SSSR count). The number of carbonyl (C=O) groups excluding carboxylic acids is 1. The van der Waals surface area contributed by atoms with Crippen LogP contribution in [0.1, 0.15) is 23.7 Å². The van der Waals surface area contributed by atoms with Crippen molar-refractivity contribution in [2.24, 2.45) is 0 Å². The highest BCUT2D eigenvalue weighted by Gasteiger charge is 2.14. The molecule has 140 valence electrons. The minimum Gasteiger partial charge on any atom is -0.495 e. The Morgan fingerprint density at radius 2 is 2.04 bits per heavy atom. The quantitative estimate of drug-likeness (QED) is 0.332. The van der Waals surface area contributed by atoms with Gasteiger partial charge < -0.3 is 4.74 Å². The zero-order chi connectivity index (χ0) is 19.4. The smallest absolute Gasteiger partial charge is 0.262 e. The standard InChI is InChI=1S/C20H19ClN2O3S/c1-3-10-23-19(25)14-6-4-5-7-16(14)22-20(23)27-12-17(24)13-8-9-18(26-2)15(21)11-13/h4-9,11H,3,10,12H2,1-2H3. The van der Waals surface area contributed by atoms with Gasteiger partial charge in [0.1, 0.15) is 5.75 Å². The third-order valence-corrected chi connectivity index (χ3v) is 5.35. The number of ketones is 1. The Bertz CT molecular complexity index is 1050. The summed E-state index contributed by atoms with van der Waals surface area (Å²) in [6.07, 6.45) is 0.801. The van der Waals surface area contributed by atoms with Crippen molar-refractivity contribution in [3.05, 3.63) is 63.4 Å². The van der Waals surface area contributed by atoms with Gasteiger partial charge in [0.15, 0.2) is 10.9 Å². The number of halogens is 1. The number of rotatable bonds is 7. The number of carbonyl (C=O) groups is 1. The van der Waals surface area contributed by atoms with E-state index in [0.29, 0.717) is 38.9 Å². The van der Waals surface area contributed by atoms with Gasteiger partial charge in [-0.2, -0.15) is 0 Å². The van der Waals surface area contributed by atoms with Crippen molar-refractivity contribution in [2.75, 3.05) is 12.9 Å². The number of aromatic nitrogens is 2. The molecule has 0 amide bonds. The second kappa shape index (κ2) is 8.59. The van der Waals surface area contributed by atoms with Crippen molar-refractivity contribution in [3.63, 3.8) is 0 Å². The van der Waals surface area contributed by atoms with Crippen LogP contribution in [0, 0.1) is 0 Å². The van der Waals surface area contributed by atoms with E-state index in [0.717, 1.165) is 6.42 Å². The second-order valence-electron chi connectivity index (χ2n) is 5.93. The first kappa shape index (κ1) is 19.5. The predicted molar refractivity (Wildman–Crippen MR) is 109 cm³/mol. The fraction of sp³-hybridized carbons (Fsp3) is 0.250. The maximum atomic E-state index is 12.8. The fourth-order valence-electron chi connectivity index (χ4n) is 2.73. The predicted octanol–water partition coefficient (Wildman–Crippen LogP) is 4.44. The molecule has 0 aliphatic rings. The van der Waals surface area contributed by atoms with E-state index >= 15 is 0 Å². The maximum absolute atomic E-state index is 12.8. The lowest BCUT2D eigenvalue weighted by Crippen LogP contribution is -2.23. The minimum atomic E-state index is -0.0880. The van der Waals surface area contributed by atoms with Crippen molar-refractivity contribution in [1.82, 2.24) is 9.55 Å². The van der Waals surface area contributed by atoms with Crippen LogP contribution in [0.4, 0.5) is 0 Å². The molecule has 0 unspecified atom stereocenters. The van der Waals surface area contributed by atoms with Gasteiger partial charge in [-0.25, -0.2) is 4.98 Å². The Balaban J connectivity index is 1.87. The van der Waals surface area contributed by atoms with Crippen LogP contribution in [0.25, 0.3) is 10.9 Å². The summed E-state index contributed by atoms with van der Waals surface area (Å²) in [6, 6.07) is 12.2. The van der Waals surface area contributed by atoms with E-state index in [2.05, 4.69) is 4.98 Å². The molecule has 0 fully saturated rings. The summed E-state index contributed by atoms with van der Waals surface area (Å²) in [5.41, 5.74) is 1.06. The molecular formula is C20H19ClN2O3S. The Labute approximate surface area is 166 Å². The molecule has 0 atom stereocenters. The van der Waals surface area contributed by atoms with Gasteiger partial charge in [0.05, 0.1) is 28.8 Å². The Morgan fingerprint density at radius 3 is 2.74 bits per heavy atom. The van der Waals surface area contributed by atoms with Gasteiger partial charge in [-0.05, 0) is 36.8 Å². The molecular weight excluding hydrogens is 384 g/mol. The van der Waals surface area contributed by atoms with E-state index in [1.54, 1.807) is 28.8 Å². The van der Waals surface area contributed by atoms with Crippen molar-refractivity contribution in [1.29, 1.82) is 0 Å². The molecule has 1 aromatic heterocycles. The maximum Gasteiger partial charge on any atom is 0.262 e. The minimum absolute atomic E-state index is 0.0788. The lowest BCUT2D eigenvalue weighted by Gasteiger charge is -2.12. The number of Topliss-reactive ketones (excluding diaryl/α,β-unsaturated/α-hetero) is 1. The van der Waals surface area contributed by atoms with Gasteiger partial charge in [-0.3, -0.25) is 14.2 Å². The number of para-hydroxylation sites is 1. The van der Waals surface area contributed by atoms with Crippen molar-refractivity contribution >= 4 is 40.0 Å². The number of fused-ring (bicyclic) bond motifs is 1. The van der Waals surface area contributed by atoms with Crippen LogP contribution in [-0.4, -0.2) is 28.2 Å². The van der Waals surface area contributed by atoms with Crippen molar-refractivity contribution in [2.45, 2.75) is 25.0 Å². The summed E-state index contributed by atoms with van der Waals surface area (Å²) in [6.45, 7) is 2.56. The lowest BCUT2D eigenvalue weighted by molar-refractivity contribution is 0.102. The summed E-state index contributed by atoms with van der Waals surface area (Å²) < 4.78 is 6.75. The summed E-state index contributed by atoms with van der Waals surface area (Å²) in [4.78, 5) is 29.9. The zero-order valence-electron chi connectivity index (χ0n) is 15.1. The van der Waals surface area contributed by atoms with Crippen LogP contribution in [-0.2, 0) is 6.54 Å². The molecule has 27 heavy (non-hydrogen) atoms. The van der Waals surface area contributed by atoms with Crippen molar-refractivity contribution < 1.29 is 9.53 Å². The van der Waals surface area contributed by atoms with Crippen LogP contribution >= 0.6 is 23.4 Å². The van der Waals surface area contributed by atoms with Gasteiger partial charge in [0.25, 0.3) is 5.56 Å². The van der Waals surface area contributed by atoms with Gasteiger partial charge in [0, 0.05) is 12.1 Å². The van der Waals surface area contributed by atoms with E-state index in [1.807, 2.05) is 25.1 Å². The Morgan fingerprint density at radius 1 is 1.26 bits per heavy atom. The van der Waals surface area contributed by atoms with E-state index in [9.17, 15) is 9.59 Å². The molecule has 0 aliphatic heterocycles. The van der Waals surface area contributed by atoms with Crippen LogP contribution in [0.2, 0.25) is 5.02 Å². The Hall–Kier alpha value is -2.31. The van der Waals surface area contributed by atoms with Gasteiger partial charge in [0.2, 0.25) is 0 Å². The molecule has 3 aromatic rings. The number of hydrogen-bond acceptors (Lipinski definition) is 5. The largest absolute Gasteiger partial charge is 0.495 e. The molecule has 0 radical (unpaired) electrons. The molecule has 0 N–H and O–H groups in total. The summed E-state index contributed by atoms with van der Waals surface area (Å²) in [5.74, 6) is 0.598. The van der Waals surface area contributed by atoms with E-state index in [4.69, 9.17) is 16.3 Å². The third-order valence-electron chi connectivity index (χ3n) is 4.08. The first-order valence-electron chi connectivity index (χ1n) is 8.54. The number of ether oxygens (including phenoxy) is 1. The molecule has 0 saturated carbocycles. The number of hydrogen-bond donors (Lipinski definition) is 0. The first-order valence-corrected chi connectivity index (χ1v) is 9.90. The summed E-state index contributed by atoms with van der Waals surface area (Å²) in [5, 5.41) is 1.53. The molecule has 0 saturated heterocycles. The van der Waals surface area contributed by atoms with Crippen LogP contribution in [0.3, 0.4) is 0 Å². The summed E-state index contributed by atoms with van der Waals surface area (Å²) >= 11 is 7.36. The van der Waals surface area contributed by atoms with Gasteiger partial charge >= 0.3 is 0 Å². The van der Waals surface area contributed by atoms with Crippen LogP contribution < -0.4 is 10.3 Å². The van der Waals surface area contributed by atoms with Gasteiger partial charge in [-0.1, -0.05) is 42.4 Å². The van der Waals surface area contributed by atoms with E-state index in [-0.39, 0.29) is 17.1 Å². The third kappa shape index (κ3) is 4.17. The molecule has 0 spiro atoms. The molecule has 5 nitrogen and oxygen atoms in total. The molecule has 2 aromatic carbocycles. The Kier molecular flexibility index (Phi) is 6.19. The molecule has 0 aliphatic carbocycles. The average molecular weight is 403 g/mol. The summed E-state index contributed by atoms with van der Waals surface area (Å²) in [7, 11) is 1.52. The first-order chi connectivity index (χ1) is 13.0. The highest BCUT2D eigenvalue weighted by atomic mass is 35.5. The normalized spacial score (nSPS) is 10.9. The van der Waals surface area contributed by atoms with Crippen LogP contribution in [0.5, 0.6) is 5.75 Å². The van der Waals surface area contributed by atoms with Crippen LogP contribution in [0.15, 0.2) is 52.4 Å². The number of benzene rings is 2. The highest BCUT2D eigenvalue weighted by molar-refractivity contribution is 7.99. The number of nitrogens with zero attached hydrogens (tertiary/aromatic N) is 2. The second-order valence-corrected chi connectivity index (χ2v) is 7.28. The lowest BCUT2D eigenvalue weighted by atomic mass is 10.1. The monoisotopic (exact) mass is 402 g/mol. The average Bonchev–Trinajstić information content (AvgIpc) is 2.68. The zero-order valence-corrected chi connectivity index (χ0v) is 16.6. The van der Waals surface area contributed by atoms with Gasteiger partial charge in [-0.15, -0.1) is 0 Å². The van der Waals surface area contributed by atoms with E-state index < -0.39 is 0 Å². The topological polar surface area (TPSA) is 61.2 Å². The SMILES string of the molecule is CCCn1c(SCC(=O)c2ccc(OC)c(Cl)c2)nc2ccccc2c1=O. The highest BCUT2D eigenvalue weighted by Crippen LogP contribution is 2.26. The molecule has 0 bridgehead atoms. The molecule has 7 heteroatoms. The fourth-order valence-corrected chi connectivity index (χ4v) is 3.91. The molecule has 1 heterocycles. The number of thioether (sulfide) groups is 1. The number of methoxy groups -OCH3 is 1.